The van der Waals surface area contributed by atoms with Gasteiger partial charge in [0.05, 0.1) is 18.3 Å². The highest BCUT2D eigenvalue weighted by Crippen LogP contribution is 2.31. The molecule has 7 heteroatoms. The van der Waals surface area contributed by atoms with E-state index in [1.807, 2.05) is 0 Å². The zero-order chi connectivity index (χ0) is 12.6. The van der Waals surface area contributed by atoms with E-state index < -0.39 is 16.3 Å². The fraction of sp³-hybridized carbons (Fsp3) is 0.300. The maximum absolute atomic E-state index is 11.7. The highest BCUT2D eigenvalue weighted by Gasteiger charge is 2.36. The Kier molecular flexibility index (Phi) is 2.80. The first-order valence-corrected chi connectivity index (χ1v) is 6.43. The van der Waals surface area contributed by atoms with Gasteiger partial charge in [0.2, 0.25) is 0 Å². The number of hydrogen-bond donors (Lipinski definition) is 2. The molecule has 1 fully saturated rings. The van der Waals surface area contributed by atoms with E-state index in [1.165, 1.54) is 12.1 Å². The Morgan fingerprint density at radius 3 is 2.76 bits per heavy atom. The smallest absolute Gasteiger partial charge is 0.302 e. The van der Waals surface area contributed by atoms with E-state index in [4.69, 9.17) is 0 Å². The Balaban J connectivity index is 2.43. The molecule has 0 amide bonds. The average molecular weight is 256 g/mol. The van der Waals surface area contributed by atoms with Gasteiger partial charge in [-0.3, -0.25) is 4.31 Å². The molecule has 1 saturated heterocycles. The Morgan fingerprint density at radius 1 is 1.53 bits per heavy atom. The molecule has 6 nitrogen and oxygen atoms in total. The van der Waals surface area contributed by atoms with Gasteiger partial charge in [-0.2, -0.15) is 13.1 Å². The molecule has 0 aliphatic carbocycles. The average Bonchev–Trinajstić information content (AvgIpc) is 2.54. The largest absolute Gasteiger partial charge is 0.506 e. The van der Waals surface area contributed by atoms with Gasteiger partial charge in [-0.1, -0.05) is 6.07 Å². The summed E-state index contributed by atoms with van der Waals surface area (Å²) in [5, 5.41) is 9.72. The number of nitrogens with zero attached hydrogens (tertiary/aromatic N) is 1. The lowest BCUT2D eigenvalue weighted by Crippen LogP contribution is -2.30. The van der Waals surface area contributed by atoms with Crippen LogP contribution in [0.1, 0.15) is 5.56 Å². The Morgan fingerprint density at radius 2 is 2.24 bits per heavy atom. The van der Waals surface area contributed by atoms with Gasteiger partial charge in [0.15, 0.2) is 0 Å². The van der Waals surface area contributed by atoms with Crippen molar-refractivity contribution < 1.29 is 18.3 Å². The van der Waals surface area contributed by atoms with Crippen molar-refractivity contribution in [1.82, 2.24) is 4.72 Å². The SMILES string of the molecule is Cc1ccc(N2CC(C=O)NS2(=O)=O)c(O)c1. The number of phenols is 1. The monoisotopic (exact) mass is 256 g/mol. The number of nitrogens with one attached hydrogen (secondary N) is 1. The summed E-state index contributed by atoms with van der Waals surface area (Å²) in [4.78, 5) is 10.6. The number of rotatable bonds is 2. The quantitative estimate of drug-likeness (QED) is 0.725. The molecular formula is C10H12N2O4S. The summed E-state index contributed by atoms with van der Waals surface area (Å²) in [6.07, 6.45) is 0.531. The summed E-state index contributed by atoms with van der Waals surface area (Å²) < 4.78 is 26.6. The van der Waals surface area contributed by atoms with Crippen LogP contribution in [-0.4, -0.2) is 32.4 Å². The molecular weight excluding hydrogens is 244 g/mol. The lowest BCUT2D eigenvalue weighted by molar-refractivity contribution is -0.108. The number of anilines is 1. The van der Waals surface area contributed by atoms with Crippen LogP contribution in [0.5, 0.6) is 5.75 Å². The van der Waals surface area contributed by atoms with E-state index >= 15 is 0 Å². The lowest BCUT2D eigenvalue weighted by Gasteiger charge is -2.17. The van der Waals surface area contributed by atoms with E-state index in [-0.39, 0.29) is 18.0 Å². The van der Waals surface area contributed by atoms with Crippen LogP contribution >= 0.6 is 0 Å². The Bertz CT molecular complexity index is 555. The molecule has 1 heterocycles. The second-order valence-corrected chi connectivity index (χ2v) is 5.52. The number of carbonyl (C=O) groups excluding carboxylic acids is 1. The van der Waals surface area contributed by atoms with E-state index in [2.05, 4.69) is 4.72 Å². The third kappa shape index (κ3) is 2.11. The molecule has 1 aliphatic rings. The molecule has 17 heavy (non-hydrogen) atoms. The summed E-state index contributed by atoms with van der Waals surface area (Å²) in [5.74, 6) is -0.123. The first-order chi connectivity index (χ1) is 7.94. The van der Waals surface area contributed by atoms with Crippen LogP contribution in [0.3, 0.4) is 0 Å². The van der Waals surface area contributed by atoms with Crippen LogP contribution in [0.2, 0.25) is 0 Å². The zero-order valence-electron chi connectivity index (χ0n) is 9.12. The minimum absolute atomic E-state index is 0.0115. The lowest BCUT2D eigenvalue weighted by atomic mass is 10.2. The molecule has 2 rings (SSSR count). The van der Waals surface area contributed by atoms with Gasteiger partial charge in [-0.15, -0.1) is 0 Å². The van der Waals surface area contributed by atoms with Gasteiger partial charge in [-0.25, -0.2) is 0 Å². The van der Waals surface area contributed by atoms with Crippen LogP contribution in [0.4, 0.5) is 5.69 Å². The number of aldehydes is 1. The summed E-state index contributed by atoms with van der Waals surface area (Å²) in [6.45, 7) is 1.77. The van der Waals surface area contributed by atoms with E-state index in [1.54, 1.807) is 13.0 Å². The van der Waals surface area contributed by atoms with Gasteiger partial charge in [-0.05, 0) is 24.6 Å². The van der Waals surface area contributed by atoms with Gasteiger partial charge in [0, 0.05) is 0 Å². The summed E-state index contributed by atoms with van der Waals surface area (Å²) in [6, 6.07) is 3.90. The first-order valence-electron chi connectivity index (χ1n) is 4.99. The maximum Gasteiger partial charge on any atom is 0.302 e. The van der Waals surface area contributed by atoms with Gasteiger partial charge in [0.1, 0.15) is 12.0 Å². The van der Waals surface area contributed by atoms with Crippen molar-refractivity contribution in [2.24, 2.45) is 0 Å². The van der Waals surface area contributed by atoms with Crippen LogP contribution < -0.4 is 9.03 Å². The minimum atomic E-state index is -3.74. The topological polar surface area (TPSA) is 86.7 Å². The van der Waals surface area contributed by atoms with Gasteiger partial charge >= 0.3 is 10.2 Å². The van der Waals surface area contributed by atoms with Gasteiger partial charge in [0.25, 0.3) is 0 Å². The number of aromatic hydroxyl groups is 1. The van der Waals surface area contributed by atoms with Crippen LogP contribution in [0.25, 0.3) is 0 Å². The number of aryl methyl sites for hydroxylation is 1. The second kappa shape index (κ2) is 4.01. The molecule has 1 aliphatic heterocycles. The Labute approximate surface area is 99.0 Å². The third-order valence-electron chi connectivity index (χ3n) is 2.52. The standard InChI is InChI=1S/C10H12N2O4S/c1-7-2-3-9(10(14)4-7)12-5-8(6-13)11-17(12,15)16/h2-4,6,8,11,14H,5H2,1H3. The van der Waals surface area contributed by atoms with Crippen molar-refractivity contribution in [3.8, 4) is 5.75 Å². The second-order valence-electron chi connectivity index (χ2n) is 3.89. The summed E-state index contributed by atoms with van der Waals surface area (Å²) >= 11 is 0. The summed E-state index contributed by atoms with van der Waals surface area (Å²) in [7, 11) is -3.74. The molecule has 1 unspecified atom stereocenters. The molecule has 0 aromatic heterocycles. The van der Waals surface area contributed by atoms with E-state index in [9.17, 15) is 18.3 Å². The van der Waals surface area contributed by atoms with Crippen LogP contribution in [-0.2, 0) is 15.0 Å². The molecule has 1 aromatic rings. The fourth-order valence-corrected chi connectivity index (χ4v) is 3.12. The van der Waals surface area contributed by atoms with E-state index in [0.717, 1.165) is 9.87 Å². The van der Waals surface area contributed by atoms with Crippen molar-refractivity contribution in [3.05, 3.63) is 23.8 Å². The van der Waals surface area contributed by atoms with Gasteiger partial charge < -0.3 is 9.90 Å². The van der Waals surface area contributed by atoms with Crippen molar-refractivity contribution in [1.29, 1.82) is 0 Å². The van der Waals surface area contributed by atoms with Crippen molar-refractivity contribution in [3.63, 3.8) is 0 Å². The van der Waals surface area contributed by atoms with Crippen molar-refractivity contribution >= 4 is 22.2 Å². The predicted octanol–water partition coefficient (Wildman–Crippen LogP) is -0.0775. The highest BCUT2D eigenvalue weighted by molar-refractivity contribution is 7.91. The number of benzene rings is 1. The fourth-order valence-electron chi connectivity index (χ4n) is 1.71. The van der Waals surface area contributed by atoms with E-state index in [0.29, 0.717) is 6.29 Å². The number of hydrogen-bond acceptors (Lipinski definition) is 4. The molecule has 1 atom stereocenters. The summed E-state index contributed by atoms with van der Waals surface area (Å²) in [5.41, 5.74) is 0.996. The molecule has 0 saturated carbocycles. The predicted molar refractivity (Wildman–Crippen MR) is 62.1 cm³/mol. The van der Waals surface area contributed by atoms with Crippen molar-refractivity contribution in [2.45, 2.75) is 13.0 Å². The molecule has 2 N–H and O–H groups in total. The van der Waals surface area contributed by atoms with Crippen molar-refractivity contribution in [2.75, 3.05) is 10.8 Å². The van der Waals surface area contributed by atoms with Crippen LogP contribution in [0.15, 0.2) is 18.2 Å². The normalized spacial score (nSPS) is 22.6. The molecule has 0 radical (unpaired) electrons. The maximum atomic E-state index is 11.7. The highest BCUT2D eigenvalue weighted by atomic mass is 32.2. The molecule has 1 aromatic carbocycles. The zero-order valence-corrected chi connectivity index (χ0v) is 9.94. The Hall–Kier alpha value is -1.60. The third-order valence-corrected chi connectivity index (χ3v) is 4.04. The molecule has 92 valence electrons. The molecule has 0 bridgehead atoms. The molecule has 0 spiro atoms. The number of carbonyl (C=O) groups is 1. The minimum Gasteiger partial charge on any atom is -0.506 e. The van der Waals surface area contributed by atoms with Crippen LogP contribution in [0, 0.1) is 6.92 Å². The number of phenolic OH excluding ortho intramolecular Hbond substituents is 1. The first kappa shape index (κ1) is 11.9.